The summed E-state index contributed by atoms with van der Waals surface area (Å²) in [5.74, 6) is 0. The van der Waals surface area contributed by atoms with E-state index in [-0.39, 0.29) is 6.04 Å². The van der Waals surface area contributed by atoms with Gasteiger partial charge >= 0.3 is 0 Å². The molecule has 1 aliphatic rings. The van der Waals surface area contributed by atoms with E-state index in [1.807, 2.05) is 0 Å². The molecule has 6 heavy (non-hydrogen) atoms. The molecule has 0 aromatic carbocycles. The van der Waals surface area contributed by atoms with Gasteiger partial charge in [0.25, 0.3) is 0 Å². The molecule has 1 heteroatoms. The van der Waals surface area contributed by atoms with Crippen molar-refractivity contribution >= 4 is 0 Å². The standard InChI is InChI=1S/C5H9N/c6-5-3-1-2-4-5/h5H,1-4H2. The largest absolute Gasteiger partial charge is 0.141 e. The Morgan fingerprint density at radius 3 is 1.83 bits per heavy atom. The Hall–Kier alpha value is -0.0400. The van der Waals surface area contributed by atoms with Gasteiger partial charge in [-0.2, -0.15) is 0 Å². The highest BCUT2D eigenvalue weighted by molar-refractivity contribution is 4.67. The summed E-state index contributed by atoms with van der Waals surface area (Å²) in [6.45, 7) is 0. The molecule has 0 heterocycles. The van der Waals surface area contributed by atoms with Gasteiger partial charge in [-0.3, -0.25) is 0 Å². The van der Waals surface area contributed by atoms with E-state index >= 15 is 0 Å². The van der Waals surface area contributed by atoms with Crippen molar-refractivity contribution < 1.29 is 0 Å². The molecule has 0 aromatic heterocycles. The van der Waals surface area contributed by atoms with Crippen LogP contribution in [0.25, 0.3) is 0 Å². The second-order valence-corrected chi connectivity index (χ2v) is 1.94. The normalized spacial score (nSPS) is 25.5. The Balaban J connectivity index is 2.18. The SMILES string of the molecule is [N]C1CCCC1. The first-order valence-corrected chi connectivity index (χ1v) is 2.57. The monoisotopic (exact) mass is 83.1 g/mol. The van der Waals surface area contributed by atoms with Gasteiger partial charge in [0, 0.05) is 6.04 Å². The summed E-state index contributed by atoms with van der Waals surface area (Å²) in [5, 5.41) is 0. The summed E-state index contributed by atoms with van der Waals surface area (Å²) < 4.78 is 0. The molecule has 0 atom stereocenters. The minimum Gasteiger partial charge on any atom is -0.141 e. The molecule has 0 N–H and O–H groups in total. The molecule has 1 aliphatic carbocycles. The van der Waals surface area contributed by atoms with Gasteiger partial charge in [-0.05, 0) is 12.8 Å². The lowest BCUT2D eigenvalue weighted by atomic mass is 10.3. The van der Waals surface area contributed by atoms with E-state index in [0.29, 0.717) is 0 Å². The minimum atomic E-state index is 0.0463. The molecule has 34 valence electrons. The Bertz CT molecular complexity index is 37.2. The molecule has 0 unspecified atom stereocenters. The first-order chi connectivity index (χ1) is 2.89. The van der Waals surface area contributed by atoms with Crippen LogP contribution >= 0.6 is 0 Å². The summed E-state index contributed by atoms with van der Waals surface area (Å²) in [6.07, 6.45) is 4.56. The van der Waals surface area contributed by atoms with Crippen LogP contribution in [-0.4, -0.2) is 6.04 Å². The van der Waals surface area contributed by atoms with E-state index in [0.717, 1.165) is 12.8 Å². The second kappa shape index (κ2) is 1.61. The highest BCUT2D eigenvalue weighted by atomic mass is 14.6. The Kier molecular flexibility index (Phi) is 1.10. The molecule has 0 spiro atoms. The fourth-order valence-corrected chi connectivity index (χ4v) is 0.904. The lowest BCUT2D eigenvalue weighted by Crippen LogP contribution is -1.98. The first-order valence-electron chi connectivity index (χ1n) is 2.57. The number of nitrogens with zero attached hydrogens (tertiary/aromatic N) is 1. The van der Waals surface area contributed by atoms with Crippen molar-refractivity contribution in [2.45, 2.75) is 31.7 Å². The van der Waals surface area contributed by atoms with Gasteiger partial charge in [0.05, 0.1) is 0 Å². The predicted octanol–water partition coefficient (Wildman–Crippen LogP) is 0.998. The van der Waals surface area contributed by atoms with Gasteiger partial charge in [-0.15, -0.1) is 5.73 Å². The van der Waals surface area contributed by atoms with E-state index in [2.05, 4.69) is 0 Å². The number of rotatable bonds is 0. The average Bonchev–Trinajstić information content (AvgIpc) is 1.86. The van der Waals surface area contributed by atoms with Crippen molar-refractivity contribution in [2.24, 2.45) is 0 Å². The summed E-state index contributed by atoms with van der Waals surface area (Å²) in [4.78, 5) is 0. The van der Waals surface area contributed by atoms with Gasteiger partial charge in [-0.25, -0.2) is 0 Å². The van der Waals surface area contributed by atoms with Crippen LogP contribution in [0.1, 0.15) is 25.7 Å². The molecule has 0 amide bonds. The summed E-state index contributed by atoms with van der Waals surface area (Å²) >= 11 is 0. The van der Waals surface area contributed by atoms with Crippen LogP contribution < -0.4 is 5.73 Å². The van der Waals surface area contributed by atoms with Crippen molar-refractivity contribution in [1.82, 2.24) is 5.73 Å². The van der Waals surface area contributed by atoms with Crippen LogP contribution in [0.2, 0.25) is 0 Å². The van der Waals surface area contributed by atoms with E-state index in [1.54, 1.807) is 0 Å². The van der Waals surface area contributed by atoms with Crippen molar-refractivity contribution in [3.63, 3.8) is 0 Å². The van der Waals surface area contributed by atoms with Crippen LogP contribution in [0.3, 0.4) is 0 Å². The first kappa shape index (κ1) is 4.13. The smallest absolute Gasteiger partial charge is 0.0433 e. The van der Waals surface area contributed by atoms with Crippen LogP contribution in [-0.2, 0) is 0 Å². The Labute approximate surface area is 38.5 Å². The molecule has 1 nitrogen and oxygen atoms in total. The highest BCUT2D eigenvalue weighted by Crippen LogP contribution is 2.15. The van der Waals surface area contributed by atoms with Gasteiger partial charge in [0.15, 0.2) is 0 Å². The van der Waals surface area contributed by atoms with Crippen LogP contribution in [0.15, 0.2) is 0 Å². The third kappa shape index (κ3) is 0.716. The van der Waals surface area contributed by atoms with E-state index in [4.69, 9.17) is 5.73 Å². The van der Waals surface area contributed by atoms with Crippen molar-refractivity contribution in [3.8, 4) is 0 Å². The average molecular weight is 83.1 g/mol. The predicted molar refractivity (Wildman–Crippen MR) is 24.4 cm³/mol. The fourth-order valence-electron chi connectivity index (χ4n) is 0.904. The van der Waals surface area contributed by atoms with Crippen LogP contribution in [0, 0.1) is 0 Å². The molecular formula is C5H9N. The summed E-state index contributed by atoms with van der Waals surface area (Å²) in [7, 11) is 0. The maximum Gasteiger partial charge on any atom is 0.0433 e. The molecule has 1 rings (SSSR count). The van der Waals surface area contributed by atoms with Crippen molar-refractivity contribution in [1.29, 1.82) is 0 Å². The Morgan fingerprint density at radius 2 is 1.67 bits per heavy atom. The van der Waals surface area contributed by atoms with Gasteiger partial charge in [0.2, 0.25) is 0 Å². The molecule has 1 saturated carbocycles. The minimum absolute atomic E-state index is 0.0463. The van der Waals surface area contributed by atoms with Crippen molar-refractivity contribution in [3.05, 3.63) is 0 Å². The fraction of sp³-hybridized carbons (Fsp3) is 1.00. The maximum absolute atomic E-state index is 8.73. The lowest BCUT2D eigenvalue weighted by Gasteiger charge is -1.88. The topological polar surface area (TPSA) is 22.3 Å². The van der Waals surface area contributed by atoms with E-state index in [1.165, 1.54) is 12.8 Å². The zero-order valence-corrected chi connectivity index (χ0v) is 3.85. The van der Waals surface area contributed by atoms with E-state index in [9.17, 15) is 0 Å². The molecule has 0 bridgehead atoms. The van der Waals surface area contributed by atoms with Gasteiger partial charge in [-0.1, -0.05) is 12.8 Å². The van der Waals surface area contributed by atoms with Crippen LogP contribution in [0.5, 0.6) is 0 Å². The second-order valence-electron chi connectivity index (χ2n) is 1.94. The van der Waals surface area contributed by atoms with Crippen molar-refractivity contribution in [2.75, 3.05) is 0 Å². The third-order valence-corrected chi connectivity index (χ3v) is 1.32. The molecule has 0 aliphatic heterocycles. The van der Waals surface area contributed by atoms with Gasteiger partial charge < -0.3 is 0 Å². The quantitative estimate of drug-likeness (QED) is 0.417. The Morgan fingerprint density at radius 1 is 1.17 bits per heavy atom. The highest BCUT2D eigenvalue weighted by Gasteiger charge is 2.09. The molecule has 0 aromatic rings. The molecule has 2 radical (unpaired) electrons. The summed E-state index contributed by atoms with van der Waals surface area (Å²) in [5.41, 5.74) is 8.73. The van der Waals surface area contributed by atoms with Gasteiger partial charge in [0.1, 0.15) is 0 Å². The van der Waals surface area contributed by atoms with E-state index < -0.39 is 0 Å². The lowest BCUT2D eigenvalue weighted by molar-refractivity contribution is 0.682. The maximum atomic E-state index is 8.73. The third-order valence-electron chi connectivity index (χ3n) is 1.32. The molecular weight excluding hydrogens is 74.1 g/mol. The molecule has 1 fully saturated rings. The number of hydrogen-bond acceptors (Lipinski definition) is 0. The molecule has 0 saturated heterocycles. The number of hydrogen-bond donors (Lipinski definition) is 0. The zero-order valence-electron chi connectivity index (χ0n) is 3.85. The summed E-state index contributed by atoms with van der Waals surface area (Å²) in [6, 6.07) is 0.0463. The van der Waals surface area contributed by atoms with Crippen LogP contribution in [0.4, 0.5) is 0 Å². The zero-order chi connectivity index (χ0) is 4.41.